The summed E-state index contributed by atoms with van der Waals surface area (Å²) in [6.45, 7) is 0. The smallest absolute Gasteiger partial charge is 0.292 e. The van der Waals surface area contributed by atoms with Gasteiger partial charge in [-0.15, -0.1) is 0 Å². The van der Waals surface area contributed by atoms with Crippen molar-refractivity contribution < 1.29 is 9.72 Å². The third kappa shape index (κ3) is 3.09. The minimum atomic E-state index is -0.588. The lowest BCUT2D eigenvalue weighted by Gasteiger charge is -2.19. The van der Waals surface area contributed by atoms with Gasteiger partial charge in [0.2, 0.25) is 0 Å². The van der Waals surface area contributed by atoms with Crippen LogP contribution in [0, 0.1) is 10.1 Å². The highest BCUT2D eigenvalue weighted by molar-refractivity contribution is 5.95. The highest BCUT2D eigenvalue weighted by Crippen LogP contribution is 2.22. The summed E-state index contributed by atoms with van der Waals surface area (Å²) in [5.74, 6) is -0.302. The monoisotopic (exact) mass is 261 g/mol. The molecule has 2 rings (SSSR count). The van der Waals surface area contributed by atoms with Crippen molar-refractivity contribution in [3.05, 3.63) is 46.0 Å². The molecule has 0 spiro atoms. The van der Waals surface area contributed by atoms with Crippen LogP contribution in [0.25, 0.3) is 0 Å². The molecule has 1 aliphatic rings. The number of carbonyl (C=O) groups excluding carboxylic acids is 1. The molecule has 0 aliphatic heterocycles. The van der Waals surface area contributed by atoms with Crippen molar-refractivity contribution in [2.45, 2.75) is 25.3 Å². The van der Waals surface area contributed by atoms with Gasteiger partial charge < -0.3 is 11.1 Å². The average molecular weight is 261 g/mol. The highest BCUT2D eigenvalue weighted by Gasteiger charge is 2.18. The summed E-state index contributed by atoms with van der Waals surface area (Å²) in [5, 5.41) is 13.6. The van der Waals surface area contributed by atoms with Crippen LogP contribution in [0.4, 0.5) is 11.4 Å². The number of hydrogen-bond acceptors (Lipinski definition) is 4. The second-order valence-corrected chi connectivity index (χ2v) is 4.49. The SMILES string of the molecule is Nc1ccc(C(=O)NC2CC=CCC2)cc1[N+](=O)[O-]. The molecule has 0 aromatic heterocycles. The summed E-state index contributed by atoms with van der Waals surface area (Å²) >= 11 is 0. The maximum Gasteiger partial charge on any atom is 0.292 e. The van der Waals surface area contributed by atoms with Gasteiger partial charge in [0.15, 0.2) is 0 Å². The van der Waals surface area contributed by atoms with Crippen molar-refractivity contribution in [3.63, 3.8) is 0 Å². The van der Waals surface area contributed by atoms with E-state index in [1.54, 1.807) is 0 Å². The predicted octanol–water partition coefficient (Wildman–Crippen LogP) is 2.02. The van der Waals surface area contributed by atoms with Crippen molar-refractivity contribution in [1.82, 2.24) is 5.32 Å². The number of allylic oxidation sites excluding steroid dienone is 1. The minimum absolute atomic E-state index is 0.0575. The van der Waals surface area contributed by atoms with Crippen molar-refractivity contribution >= 4 is 17.3 Å². The average Bonchev–Trinajstić information content (AvgIpc) is 2.40. The molecule has 6 heteroatoms. The van der Waals surface area contributed by atoms with E-state index in [4.69, 9.17) is 5.73 Å². The second kappa shape index (κ2) is 5.51. The number of carbonyl (C=O) groups is 1. The Morgan fingerprint density at radius 2 is 2.21 bits per heavy atom. The van der Waals surface area contributed by atoms with Crippen LogP contribution in [-0.4, -0.2) is 16.9 Å². The Labute approximate surface area is 110 Å². The summed E-state index contributed by atoms with van der Waals surface area (Å²) < 4.78 is 0. The minimum Gasteiger partial charge on any atom is -0.393 e. The van der Waals surface area contributed by atoms with E-state index in [-0.39, 0.29) is 28.9 Å². The third-order valence-electron chi connectivity index (χ3n) is 3.09. The molecule has 1 aromatic rings. The van der Waals surface area contributed by atoms with Gasteiger partial charge in [0, 0.05) is 17.7 Å². The number of nitrogens with two attached hydrogens (primary N) is 1. The number of nitrogens with one attached hydrogen (secondary N) is 1. The number of benzene rings is 1. The van der Waals surface area contributed by atoms with Crippen LogP contribution in [0.2, 0.25) is 0 Å². The molecule has 0 fully saturated rings. The van der Waals surface area contributed by atoms with Crippen molar-refractivity contribution in [3.8, 4) is 0 Å². The molecule has 1 aromatic carbocycles. The first kappa shape index (κ1) is 13.1. The van der Waals surface area contributed by atoms with E-state index >= 15 is 0 Å². The van der Waals surface area contributed by atoms with Crippen LogP contribution in [-0.2, 0) is 0 Å². The van der Waals surface area contributed by atoms with Gasteiger partial charge >= 0.3 is 0 Å². The van der Waals surface area contributed by atoms with E-state index in [0.29, 0.717) is 0 Å². The molecule has 1 aliphatic carbocycles. The Hall–Kier alpha value is -2.37. The van der Waals surface area contributed by atoms with Gasteiger partial charge in [-0.2, -0.15) is 0 Å². The Bertz CT molecular complexity index is 540. The molecule has 0 heterocycles. The molecule has 1 amide bonds. The fraction of sp³-hybridized carbons (Fsp3) is 0.308. The second-order valence-electron chi connectivity index (χ2n) is 4.49. The number of nitro groups is 1. The van der Waals surface area contributed by atoms with E-state index in [1.165, 1.54) is 18.2 Å². The number of nitrogen functional groups attached to an aromatic ring is 1. The molecular formula is C13H15N3O3. The first-order valence-electron chi connectivity index (χ1n) is 6.07. The Kier molecular flexibility index (Phi) is 3.79. The summed E-state index contributed by atoms with van der Waals surface area (Å²) in [7, 11) is 0. The van der Waals surface area contributed by atoms with Crippen LogP contribution in [0.15, 0.2) is 30.4 Å². The zero-order chi connectivity index (χ0) is 13.8. The highest BCUT2D eigenvalue weighted by atomic mass is 16.6. The summed E-state index contributed by atoms with van der Waals surface area (Å²) in [6.07, 6.45) is 6.73. The van der Waals surface area contributed by atoms with E-state index in [1.807, 2.05) is 6.08 Å². The van der Waals surface area contributed by atoms with Gasteiger partial charge in [-0.1, -0.05) is 12.2 Å². The number of nitro benzene ring substituents is 1. The van der Waals surface area contributed by atoms with Gasteiger partial charge in [-0.3, -0.25) is 14.9 Å². The third-order valence-corrected chi connectivity index (χ3v) is 3.09. The molecule has 0 bridgehead atoms. The summed E-state index contributed by atoms with van der Waals surface area (Å²) in [4.78, 5) is 22.2. The molecule has 0 radical (unpaired) electrons. The molecule has 3 N–H and O–H groups in total. The number of anilines is 1. The van der Waals surface area contributed by atoms with E-state index in [2.05, 4.69) is 11.4 Å². The van der Waals surface area contributed by atoms with Gasteiger partial charge in [0.05, 0.1) is 4.92 Å². The summed E-state index contributed by atoms with van der Waals surface area (Å²) in [6, 6.07) is 4.18. The van der Waals surface area contributed by atoms with Crippen LogP contribution in [0.1, 0.15) is 29.6 Å². The van der Waals surface area contributed by atoms with Gasteiger partial charge in [-0.05, 0) is 31.4 Å². The van der Waals surface area contributed by atoms with Gasteiger partial charge in [0.1, 0.15) is 5.69 Å². The van der Waals surface area contributed by atoms with Crippen LogP contribution in [0.5, 0.6) is 0 Å². The maximum atomic E-state index is 12.0. The first-order chi connectivity index (χ1) is 9.08. The largest absolute Gasteiger partial charge is 0.393 e. The van der Waals surface area contributed by atoms with E-state index in [0.717, 1.165) is 19.3 Å². The number of nitrogens with zero attached hydrogens (tertiary/aromatic N) is 1. The normalized spacial score (nSPS) is 18.0. The molecule has 0 saturated heterocycles. The number of rotatable bonds is 3. The molecule has 1 unspecified atom stereocenters. The Balaban J connectivity index is 2.12. The maximum absolute atomic E-state index is 12.0. The molecule has 100 valence electrons. The molecule has 1 atom stereocenters. The number of amides is 1. The lowest BCUT2D eigenvalue weighted by atomic mass is 10.0. The van der Waals surface area contributed by atoms with E-state index in [9.17, 15) is 14.9 Å². The fourth-order valence-corrected chi connectivity index (χ4v) is 2.04. The molecule has 6 nitrogen and oxygen atoms in total. The van der Waals surface area contributed by atoms with Crippen molar-refractivity contribution in [2.24, 2.45) is 0 Å². The van der Waals surface area contributed by atoms with Gasteiger partial charge in [0.25, 0.3) is 11.6 Å². The Morgan fingerprint density at radius 1 is 1.42 bits per heavy atom. The van der Waals surface area contributed by atoms with Crippen LogP contribution >= 0.6 is 0 Å². The standard InChI is InChI=1S/C13H15N3O3/c14-11-7-6-9(8-12(11)16(18)19)13(17)15-10-4-2-1-3-5-10/h1-2,6-8,10H,3-5,14H2,(H,15,17). The molecule has 0 saturated carbocycles. The van der Waals surface area contributed by atoms with Crippen LogP contribution in [0.3, 0.4) is 0 Å². The topological polar surface area (TPSA) is 98.3 Å². The number of hydrogen-bond donors (Lipinski definition) is 2. The quantitative estimate of drug-likeness (QED) is 0.376. The van der Waals surface area contributed by atoms with Crippen molar-refractivity contribution in [2.75, 3.05) is 5.73 Å². The van der Waals surface area contributed by atoms with Gasteiger partial charge in [-0.25, -0.2) is 0 Å². The lowest BCUT2D eigenvalue weighted by Crippen LogP contribution is -2.35. The zero-order valence-corrected chi connectivity index (χ0v) is 10.3. The lowest BCUT2D eigenvalue weighted by molar-refractivity contribution is -0.383. The van der Waals surface area contributed by atoms with Crippen molar-refractivity contribution in [1.29, 1.82) is 0 Å². The van der Waals surface area contributed by atoms with E-state index < -0.39 is 4.92 Å². The zero-order valence-electron chi connectivity index (χ0n) is 10.3. The molecular weight excluding hydrogens is 246 g/mol. The Morgan fingerprint density at radius 3 is 2.84 bits per heavy atom. The fourth-order valence-electron chi connectivity index (χ4n) is 2.04. The predicted molar refractivity (Wildman–Crippen MR) is 71.8 cm³/mol. The van der Waals surface area contributed by atoms with Crippen LogP contribution < -0.4 is 11.1 Å². The molecule has 19 heavy (non-hydrogen) atoms. The first-order valence-corrected chi connectivity index (χ1v) is 6.07. The summed E-state index contributed by atoms with van der Waals surface area (Å²) in [5.41, 5.74) is 5.57.